The summed E-state index contributed by atoms with van der Waals surface area (Å²) in [5, 5.41) is 3.94. The van der Waals surface area contributed by atoms with Crippen molar-refractivity contribution in [2.24, 2.45) is 0 Å². The molecule has 1 aliphatic rings. The third-order valence-corrected chi connectivity index (χ3v) is 5.69. The summed E-state index contributed by atoms with van der Waals surface area (Å²) in [4.78, 5) is 26.7. The molecule has 0 fully saturated rings. The summed E-state index contributed by atoms with van der Waals surface area (Å²) < 4.78 is 5.69. The molecule has 0 radical (unpaired) electrons. The lowest BCUT2D eigenvalue weighted by Gasteiger charge is -2.18. The maximum Gasteiger partial charge on any atom is 0.253 e. The van der Waals surface area contributed by atoms with Crippen LogP contribution in [0.5, 0.6) is 0 Å². The van der Waals surface area contributed by atoms with Crippen molar-refractivity contribution in [2.45, 2.75) is 39.5 Å². The molecule has 0 atom stereocenters. The lowest BCUT2D eigenvalue weighted by atomic mass is 10.0. The molecule has 1 aromatic heterocycles. The molecule has 0 saturated carbocycles. The van der Waals surface area contributed by atoms with E-state index < -0.39 is 0 Å². The van der Waals surface area contributed by atoms with Gasteiger partial charge in [0.05, 0.1) is 12.7 Å². The van der Waals surface area contributed by atoms with Crippen LogP contribution in [0.15, 0.2) is 47.1 Å². The van der Waals surface area contributed by atoms with Gasteiger partial charge in [-0.05, 0) is 80.6 Å². The highest BCUT2D eigenvalue weighted by atomic mass is 16.3. The molecule has 3 aromatic rings. The molecule has 1 N–H and O–H groups in total. The van der Waals surface area contributed by atoms with Crippen molar-refractivity contribution < 1.29 is 14.0 Å². The monoisotopic (exact) mass is 390 g/mol. The van der Waals surface area contributed by atoms with E-state index in [4.69, 9.17) is 4.42 Å². The summed E-state index contributed by atoms with van der Waals surface area (Å²) in [6, 6.07) is 11.4. The number of anilines is 1. The molecule has 29 heavy (non-hydrogen) atoms. The second-order valence-corrected chi connectivity index (χ2v) is 7.51. The Morgan fingerprint density at radius 3 is 2.41 bits per heavy atom. The SMILES string of the molecule is CCN(CC)C(=O)c1ccc(NC(=O)Cc2coc3cc4c(cc23)CCC4)cc1. The predicted octanol–water partition coefficient (Wildman–Crippen LogP) is 4.58. The average Bonchev–Trinajstić information content (AvgIpc) is 3.34. The van der Waals surface area contributed by atoms with Crippen molar-refractivity contribution in [2.75, 3.05) is 18.4 Å². The van der Waals surface area contributed by atoms with Crippen molar-refractivity contribution in [3.8, 4) is 0 Å². The summed E-state index contributed by atoms with van der Waals surface area (Å²) >= 11 is 0. The molecule has 0 aliphatic heterocycles. The fraction of sp³-hybridized carbons (Fsp3) is 0.333. The molecular weight excluding hydrogens is 364 g/mol. The van der Waals surface area contributed by atoms with Gasteiger partial charge in [-0.2, -0.15) is 0 Å². The summed E-state index contributed by atoms with van der Waals surface area (Å²) in [6.07, 6.45) is 5.33. The normalized spacial score (nSPS) is 12.8. The lowest BCUT2D eigenvalue weighted by molar-refractivity contribution is -0.115. The summed E-state index contributed by atoms with van der Waals surface area (Å²) in [5.41, 5.74) is 5.80. The van der Waals surface area contributed by atoms with Crippen LogP contribution in [0.3, 0.4) is 0 Å². The molecule has 0 unspecified atom stereocenters. The van der Waals surface area contributed by atoms with Crippen molar-refractivity contribution in [3.05, 3.63) is 64.9 Å². The van der Waals surface area contributed by atoms with E-state index >= 15 is 0 Å². The van der Waals surface area contributed by atoms with Crippen molar-refractivity contribution in [1.82, 2.24) is 4.90 Å². The summed E-state index contributed by atoms with van der Waals surface area (Å²) in [6.45, 7) is 5.28. The van der Waals surface area contributed by atoms with Gasteiger partial charge in [0.2, 0.25) is 5.91 Å². The number of rotatable bonds is 6. The van der Waals surface area contributed by atoms with E-state index in [1.807, 2.05) is 13.8 Å². The Bertz CT molecular complexity index is 1050. The number of nitrogens with one attached hydrogen (secondary N) is 1. The molecule has 1 aliphatic carbocycles. The molecule has 5 nitrogen and oxygen atoms in total. The van der Waals surface area contributed by atoms with E-state index in [0.717, 1.165) is 29.4 Å². The number of carbonyl (C=O) groups excluding carboxylic acids is 2. The Morgan fingerprint density at radius 2 is 1.72 bits per heavy atom. The Balaban J connectivity index is 1.44. The minimum absolute atomic E-state index is 0.00488. The van der Waals surface area contributed by atoms with Crippen LogP contribution in [-0.4, -0.2) is 29.8 Å². The number of fused-ring (bicyclic) bond motifs is 2. The number of aryl methyl sites for hydroxylation is 2. The molecule has 2 amide bonds. The molecule has 0 bridgehead atoms. The van der Waals surface area contributed by atoms with E-state index in [1.54, 1.807) is 35.4 Å². The number of furan rings is 1. The minimum atomic E-state index is -0.101. The molecule has 2 aromatic carbocycles. The fourth-order valence-corrected chi connectivity index (χ4v) is 4.05. The first kappa shape index (κ1) is 19.2. The maximum atomic E-state index is 12.5. The quantitative estimate of drug-likeness (QED) is 0.670. The molecule has 0 saturated heterocycles. The van der Waals surface area contributed by atoms with Crippen molar-refractivity contribution in [3.63, 3.8) is 0 Å². The topological polar surface area (TPSA) is 62.6 Å². The molecule has 5 heteroatoms. The van der Waals surface area contributed by atoms with Gasteiger partial charge in [0.1, 0.15) is 5.58 Å². The molecular formula is C24H26N2O3. The third-order valence-electron chi connectivity index (χ3n) is 5.69. The highest BCUT2D eigenvalue weighted by Gasteiger charge is 2.17. The Labute approximate surface area is 170 Å². The average molecular weight is 390 g/mol. The largest absolute Gasteiger partial charge is 0.464 e. The molecule has 4 rings (SSSR count). The highest BCUT2D eigenvalue weighted by molar-refractivity contribution is 5.97. The van der Waals surface area contributed by atoms with Gasteiger partial charge in [0.15, 0.2) is 0 Å². The van der Waals surface area contributed by atoms with Gasteiger partial charge in [0, 0.05) is 35.3 Å². The molecule has 0 spiro atoms. The standard InChI is InChI=1S/C24H26N2O3/c1-3-26(4-2)24(28)16-8-10-20(11-9-16)25-23(27)14-19-15-29-22-13-18-7-5-6-17(18)12-21(19)22/h8-13,15H,3-7,14H2,1-2H3,(H,25,27). The minimum Gasteiger partial charge on any atom is -0.464 e. The van der Waals surface area contributed by atoms with E-state index in [2.05, 4.69) is 17.4 Å². The zero-order valence-corrected chi connectivity index (χ0v) is 17.0. The number of amides is 2. The third kappa shape index (κ3) is 3.90. The van der Waals surface area contributed by atoms with Gasteiger partial charge in [-0.15, -0.1) is 0 Å². The van der Waals surface area contributed by atoms with Crippen LogP contribution in [0.25, 0.3) is 11.0 Å². The van der Waals surface area contributed by atoms with Gasteiger partial charge in [-0.1, -0.05) is 0 Å². The van der Waals surface area contributed by atoms with Crippen LogP contribution in [0, 0.1) is 0 Å². The number of hydrogen-bond donors (Lipinski definition) is 1. The van der Waals surface area contributed by atoms with Crippen LogP contribution in [0.4, 0.5) is 5.69 Å². The van der Waals surface area contributed by atoms with E-state index in [-0.39, 0.29) is 18.2 Å². The van der Waals surface area contributed by atoms with Crippen LogP contribution < -0.4 is 5.32 Å². The van der Waals surface area contributed by atoms with Gasteiger partial charge in [-0.3, -0.25) is 9.59 Å². The first-order valence-electron chi connectivity index (χ1n) is 10.3. The second-order valence-electron chi connectivity index (χ2n) is 7.51. The van der Waals surface area contributed by atoms with Gasteiger partial charge in [-0.25, -0.2) is 0 Å². The predicted molar refractivity (Wildman–Crippen MR) is 114 cm³/mol. The Kier molecular flexibility index (Phi) is 5.38. The Morgan fingerprint density at radius 1 is 1.03 bits per heavy atom. The summed E-state index contributed by atoms with van der Waals surface area (Å²) in [5.74, 6) is -0.0960. The Hall–Kier alpha value is -3.08. The first-order chi connectivity index (χ1) is 14.1. The molecule has 150 valence electrons. The van der Waals surface area contributed by atoms with Gasteiger partial charge < -0.3 is 14.6 Å². The lowest BCUT2D eigenvalue weighted by Crippen LogP contribution is -2.30. The highest BCUT2D eigenvalue weighted by Crippen LogP contribution is 2.30. The number of hydrogen-bond acceptors (Lipinski definition) is 3. The molecule has 1 heterocycles. The smallest absolute Gasteiger partial charge is 0.253 e. The zero-order chi connectivity index (χ0) is 20.4. The fourth-order valence-electron chi connectivity index (χ4n) is 4.05. The van der Waals surface area contributed by atoms with Crippen molar-refractivity contribution in [1.29, 1.82) is 0 Å². The van der Waals surface area contributed by atoms with Gasteiger partial charge >= 0.3 is 0 Å². The van der Waals surface area contributed by atoms with Crippen molar-refractivity contribution >= 4 is 28.5 Å². The first-order valence-corrected chi connectivity index (χ1v) is 10.3. The van der Waals surface area contributed by atoms with Crippen LogP contribution >= 0.6 is 0 Å². The summed E-state index contributed by atoms with van der Waals surface area (Å²) in [7, 11) is 0. The number of carbonyl (C=O) groups is 2. The van der Waals surface area contributed by atoms with Crippen LogP contribution in [0.2, 0.25) is 0 Å². The van der Waals surface area contributed by atoms with E-state index in [0.29, 0.717) is 24.3 Å². The van der Waals surface area contributed by atoms with Crippen LogP contribution in [0.1, 0.15) is 47.3 Å². The second kappa shape index (κ2) is 8.11. The zero-order valence-electron chi connectivity index (χ0n) is 17.0. The van der Waals surface area contributed by atoms with Crippen LogP contribution in [-0.2, 0) is 24.1 Å². The number of benzene rings is 2. The van der Waals surface area contributed by atoms with E-state index in [9.17, 15) is 9.59 Å². The number of nitrogens with zero attached hydrogens (tertiary/aromatic N) is 1. The maximum absolute atomic E-state index is 12.5. The van der Waals surface area contributed by atoms with Gasteiger partial charge in [0.25, 0.3) is 5.91 Å². The van der Waals surface area contributed by atoms with E-state index in [1.165, 1.54) is 17.5 Å².